The molecule has 2 aliphatic rings. The quantitative estimate of drug-likeness (QED) is 0.478. The average Bonchev–Trinajstić information content (AvgIpc) is 3.16. The number of carbonyl (C=O) groups excluding carboxylic acids is 2. The number of carbonyl (C=O) groups is 2. The van der Waals surface area contributed by atoms with Crippen LogP contribution in [-0.2, 0) is 16.1 Å². The van der Waals surface area contributed by atoms with Crippen molar-refractivity contribution < 1.29 is 9.59 Å². The molecule has 0 bridgehead atoms. The fourth-order valence-corrected chi connectivity index (χ4v) is 5.18. The lowest BCUT2D eigenvalue weighted by Gasteiger charge is -2.21. The van der Waals surface area contributed by atoms with Gasteiger partial charge in [0.05, 0.1) is 22.7 Å². The molecule has 2 aromatic carbocycles. The summed E-state index contributed by atoms with van der Waals surface area (Å²) in [7, 11) is 0. The van der Waals surface area contributed by atoms with Crippen LogP contribution in [0.25, 0.3) is 5.57 Å². The van der Waals surface area contributed by atoms with Crippen LogP contribution in [0.15, 0.2) is 53.4 Å². The molecule has 2 amide bonds. The molecular weight excluding hydrogens is 424 g/mol. The number of thiocarbonyl (C=S) groups is 1. The van der Waals surface area contributed by atoms with Crippen LogP contribution >= 0.6 is 35.6 Å². The van der Waals surface area contributed by atoms with E-state index in [1.54, 1.807) is 9.80 Å². The summed E-state index contributed by atoms with van der Waals surface area (Å²) < 4.78 is 0.508. The van der Waals surface area contributed by atoms with Crippen molar-refractivity contribution in [3.05, 3.63) is 69.6 Å². The third kappa shape index (κ3) is 3.50. The normalized spacial score (nSPS) is 19.9. The van der Waals surface area contributed by atoms with E-state index in [-0.39, 0.29) is 17.9 Å². The minimum Gasteiger partial charge on any atom is -0.303 e. The lowest BCUT2D eigenvalue weighted by atomic mass is 10.1. The van der Waals surface area contributed by atoms with Crippen molar-refractivity contribution in [2.75, 3.05) is 4.90 Å². The minimum absolute atomic E-state index is 0.00230. The van der Waals surface area contributed by atoms with E-state index >= 15 is 0 Å². The van der Waals surface area contributed by atoms with Gasteiger partial charge >= 0.3 is 0 Å². The number of hydrogen-bond donors (Lipinski definition) is 0. The Kier molecular flexibility index (Phi) is 5.51. The number of amides is 2. The van der Waals surface area contributed by atoms with Gasteiger partial charge in [0.1, 0.15) is 4.32 Å². The first-order valence-electron chi connectivity index (χ1n) is 9.37. The predicted octanol–water partition coefficient (Wildman–Crippen LogP) is 5.26. The second-order valence-corrected chi connectivity index (χ2v) is 9.12. The van der Waals surface area contributed by atoms with Crippen LogP contribution in [0.3, 0.4) is 0 Å². The van der Waals surface area contributed by atoms with Crippen molar-refractivity contribution in [2.24, 2.45) is 0 Å². The highest BCUT2D eigenvalue weighted by Crippen LogP contribution is 2.45. The summed E-state index contributed by atoms with van der Waals surface area (Å²) in [5.41, 5.74) is 2.98. The molecule has 0 saturated carbocycles. The zero-order valence-electron chi connectivity index (χ0n) is 16.0. The molecule has 148 valence electrons. The van der Waals surface area contributed by atoms with Crippen LogP contribution in [0.2, 0.25) is 5.02 Å². The van der Waals surface area contributed by atoms with Gasteiger partial charge in [0.15, 0.2) is 0 Å². The number of thioether (sulfide) groups is 1. The molecule has 0 N–H and O–H groups in total. The summed E-state index contributed by atoms with van der Waals surface area (Å²) in [5.74, 6) is -0.355. The first-order valence-corrected chi connectivity index (χ1v) is 11.0. The maximum Gasteiger partial charge on any atom is 0.267 e. The molecule has 7 heteroatoms. The van der Waals surface area contributed by atoms with Crippen molar-refractivity contribution in [1.29, 1.82) is 0 Å². The second-order valence-electron chi connectivity index (χ2n) is 7.04. The minimum atomic E-state index is -0.180. The van der Waals surface area contributed by atoms with Gasteiger partial charge in [-0.25, -0.2) is 0 Å². The molecule has 0 unspecified atom stereocenters. The second kappa shape index (κ2) is 7.94. The van der Waals surface area contributed by atoms with E-state index in [2.05, 4.69) is 0 Å². The monoisotopic (exact) mass is 442 g/mol. The van der Waals surface area contributed by atoms with Crippen molar-refractivity contribution >= 4 is 63.0 Å². The first-order chi connectivity index (χ1) is 13.9. The summed E-state index contributed by atoms with van der Waals surface area (Å²) in [6.07, 6.45) is 0.794. The van der Waals surface area contributed by atoms with Gasteiger partial charge in [-0.15, -0.1) is 0 Å². The Morgan fingerprint density at radius 3 is 2.45 bits per heavy atom. The molecule has 1 fully saturated rings. The number of rotatable bonds is 4. The van der Waals surface area contributed by atoms with Crippen molar-refractivity contribution in [2.45, 2.75) is 32.9 Å². The van der Waals surface area contributed by atoms with E-state index in [0.29, 0.717) is 26.4 Å². The van der Waals surface area contributed by atoms with Crippen LogP contribution < -0.4 is 4.90 Å². The van der Waals surface area contributed by atoms with Gasteiger partial charge in [-0.1, -0.05) is 72.8 Å². The molecule has 29 heavy (non-hydrogen) atoms. The third-order valence-electron chi connectivity index (χ3n) is 5.23. The van der Waals surface area contributed by atoms with Crippen LogP contribution in [0.4, 0.5) is 5.69 Å². The van der Waals surface area contributed by atoms with Crippen LogP contribution in [0.1, 0.15) is 31.4 Å². The van der Waals surface area contributed by atoms with Crippen LogP contribution in [0, 0.1) is 0 Å². The van der Waals surface area contributed by atoms with E-state index in [1.165, 1.54) is 11.8 Å². The molecule has 4 rings (SSSR count). The molecule has 0 radical (unpaired) electrons. The molecule has 0 aliphatic carbocycles. The van der Waals surface area contributed by atoms with Gasteiger partial charge < -0.3 is 4.90 Å². The number of benzene rings is 2. The first kappa shape index (κ1) is 20.1. The summed E-state index contributed by atoms with van der Waals surface area (Å²) in [4.78, 5) is 30.3. The zero-order chi connectivity index (χ0) is 20.7. The summed E-state index contributed by atoms with van der Waals surface area (Å²) >= 11 is 12.7. The van der Waals surface area contributed by atoms with Crippen LogP contribution in [0.5, 0.6) is 0 Å². The highest BCUT2D eigenvalue weighted by Gasteiger charge is 2.42. The highest BCUT2D eigenvalue weighted by atomic mass is 35.5. The predicted molar refractivity (Wildman–Crippen MR) is 123 cm³/mol. The molecule has 1 saturated heterocycles. The lowest BCUT2D eigenvalue weighted by molar-refractivity contribution is -0.123. The summed E-state index contributed by atoms with van der Waals surface area (Å²) in [6.45, 7) is 4.39. The smallest absolute Gasteiger partial charge is 0.267 e. The van der Waals surface area contributed by atoms with E-state index in [0.717, 1.165) is 23.2 Å². The molecule has 0 spiro atoms. The van der Waals surface area contributed by atoms with E-state index < -0.39 is 0 Å². The number of nitrogens with zero attached hydrogens (tertiary/aromatic N) is 2. The Morgan fingerprint density at radius 1 is 1.07 bits per heavy atom. The molecule has 2 aliphatic heterocycles. The summed E-state index contributed by atoms with van der Waals surface area (Å²) in [6, 6.07) is 15.0. The van der Waals surface area contributed by atoms with Gasteiger partial charge in [-0.05, 0) is 37.1 Å². The Balaban J connectivity index is 1.77. The highest BCUT2D eigenvalue weighted by molar-refractivity contribution is 8.26. The van der Waals surface area contributed by atoms with E-state index in [9.17, 15) is 9.59 Å². The molecule has 4 nitrogen and oxygen atoms in total. The standard InChI is InChI=1S/C22H19ClN2O2S2/c1-3-13(2)25-21(27)19(29-22(25)28)18-16-6-4-5-7-17(16)24(20(18)26)12-14-8-10-15(23)11-9-14/h4-11,13H,3,12H2,1-2H3/b19-18-/t13-/m0/s1. The number of hydrogen-bond acceptors (Lipinski definition) is 4. The SMILES string of the molecule is CC[C@H](C)N1C(=O)/C(=C2/C(=O)N(Cc3ccc(Cl)cc3)c3ccccc32)SC1=S. The fourth-order valence-electron chi connectivity index (χ4n) is 3.52. The van der Waals surface area contributed by atoms with Gasteiger partial charge in [-0.2, -0.15) is 0 Å². The van der Waals surface area contributed by atoms with Gasteiger partial charge in [-0.3, -0.25) is 14.5 Å². The zero-order valence-corrected chi connectivity index (χ0v) is 18.4. The molecular formula is C22H19ClN2O2S2. The average molecular weight is 443 g/mol. The molecule has 2 heterocycles. The maximum atomic E-state index is 13.4. The number of halogens is 1. The van der Waals surface area contributed by atoms with Crippen molar-refractivity contribution in [1.82, 2.24) is 4.90 Å². The Hall–Kier alpha value is -2.15. The fraction of sp³-hybridized carbons (Fsp3) is 0.227. The number of fused-ring (bicyclic) bond motifs is 1. The Morgan fingerprint density at radius 2 is 1.76 bits per heavy atom. The molecule has 2 aromatic rings. The van der Waals surface area contributed by atoms with Gasteiger partial charge in [0.25, 0.3) is 11.8 Å². The number of para-hydroxylation sites is 1. The maximum absolute atomic E-state index is 13.4. The molecule has 0 aromatic heterocycles. The largest absolute Gasteiger partial charge is 0.303 e. The number of anilines is 1. The van der Waals surface area contributed by atoms with Crippen LogP contribution in [-0.4, -0.2) is 27.1 Å². The third-order valence-corrected chi connectivity index (χ3v) is 6.89. The lowest BCUT2D eigenvalue weighted by Crippen LogP contribution is -2.36. The Bertz CT molecular complexity index is 1050. The van der Waals surface area contributed by atoms with Gasteiger partial charge in [0.2, 0.25) is 0 Å². The van der Waals surface area contributed by atoms with Gasteiger partial charge in [0, 0.05) is 16.6 Å². The summed E-state index contributed by atoms with van der Waals surface area (Å²) in [5, 5.41) is 0.649. The topological polar surface area (TPSA) is 40.6 Å². The molecule has 1 atom stereocenters. The Labute approximate surface area is 184 Å². The van der Waals surface area contributed by atoms with E-state index in [4.69, 9.17) is 23.8 Å². The van der Waals surface area contributed by atoms with Crippen molar-refractivity contribution in [3.8, 4) is 0 Å². The van der Waals surface area contributed by atoms with Crippen molar-refractivity contribution in [3.63, 3.8) is 0 Å². The van der Waals surface area contributed by atoms with E-state index in [1.807, 2.05) is 62.4 Å².